The van der Waals surface area contributed by atoms with Crippen molar-refractivity contribution >= 4 is 11.9 Å². The average molecular weight is 282 g/mol. The molecule has 20 heavy (non-hydrogen) atoms. The molecule has 0 radical (unpaired) electrons. The number of esters is 2. The summed E-state index contributed by atoms with van der Waals surface area (Å²) in [4.78, 5) is 48.6. The first-order valence-electron chi connectivity index (χ1n) is 5.85. The van der Waals surface area contributed by atoms with E-state index in [4.69, 9.17) is 4.74 Å². The van der Waals surface area contributed by atoms with E-state index in [-0.39, 0.29) is 25.2 Å². The molecule has 0 unspecified atom stereocenters. The Labute approximate surface area is 113 Å². The number of aromatic nitrogens is 2. The first kappa shape index (κ1) is 15.4. The summed E-state index contributed by atoms with van der Waals surface area (Å²) in [5.41, 5.74) is -0.855. The highest BCUT2D eigenvalue weighted by molar-refractivity contribution is 5.91. The highest BCUT2D eigenvalue weighted by Gasteiger charge is 2.03. The summed E-state index contributed by atoms with van der Waals surface area (Å²) in [6, 6.07) is 0. The van der Waals surface area contributed by atoms with Gasteiger partial charge >= 0.3 is 17.6 Å². The minimum Gasteiger partial charge on any atom is -0.463 e. The fourth-order valence-electron chi connectivity index (χ4n) is 1.26. The van der Waals surface area contributed by atoms with Crippen molar-refractivity contribution in [1.29, 1.82) is 0 Å². The largest absolute Gasteiger partial charge is 0.463 e. The van der Waals surface area contributed by atoms with E-state index < -0.39 is 23.2 Å². The molecule has 0 saturated heterocycles. The second-order valence-electron chi connectivity index (χ2n) is 3.60. The summed E-state index contributed by atoms with van der Waals surface area (Å²) in [5.74, 6) is -1.36. The van der Waals surface area contributed by atoms with Gasteiger partial charge in [-0.15, -0.1) is 0 Å². The van der Waals surface area contributed by atoms with E-state index in [1.54, 1.807) is 6.92 Å². The summed E-state index contributed by atoms with van der Waals surface area (Å²) in [6.07, 6.45) is 3.29. The zero-order valence-electron chi connectivity index (χ0n) is 10.8. The Bertz CT molecular complexity index is 613. The van der Waals surface area contributed by atoms with Crippen molar-refractivity contribution in [2.24, 2.45) is 0 Å². The van der Waals surface area contributed by atoms with Gasteiger partial charge in [-0.2, -0.15) is 0 Å². The first-order chi connectivity index (χ1) is 9.52. The number of hydrogen-bond acceptors (Lipinski definition) is 6. The van der Waals surface area contributed by atoms with Crippen molar-refractivity contribution in [3.05, 3.63) is 44.8 Å². The summed E-state index contributed by atoms with van der Waals surface area (Å²) < 4.78 is 9.36. The third-order valence-corrected chi connectivity index (χ3v) is 2.15. The molecule has 0 aliphatic heterocycles. The third-order valence-electron chi connectivity index (χ3n) is 2.15. The molecule has 0 aromatic carbocycles. The topological polar surface area (TPSA) is 118 Å². The molecule has 108 valence electrons. The molecule has 1 aromatic heterocycles. The lowest BCUT2D eigenvalue weighted by molar-refractivity contribution is -0.140. The second kappa shape index (κ2) is 7.72. The van der Waals surface area contributed by atoms with Crippen molar-refractivity contribution in [2.45, 2.75) is 13.3 Å². The van der Waals surface area contributed by atoms with E-state index in [1.807, 2.05) is 4.98 Å². The summed E-state index contributed by atoms with van der Waals surface area (Å²) in [5, 5.41) is 0. The van der Waals surface area contributed by atoms with E-state index in [9.17, 15) is 19.2 Å². The molecule has 0 spiro atoms. The van der Waals surface area contributed by atoms with Gasteiger partial charge in [0.05, 0.1) is 13.2 Å². The molecule has 8 heteroatoms. The number of hydrogen-bond donors (Lipinski definition) is 2. The summed E-state index contributed by atoms with van der Waals surface area (Å²) in [6.45, 7) is 1.81. The maximum Gasteiger partial charge on any atom is 0.331 e. The Kier molecular flexibility index (Phi) is 5.95. The Morgan fingerprint density at radius 2 is 1.85 bits per heavy atom. The number of carbonyl (C=O) groups is 2. The molecular weight excluding hydrogens is 268 g/mol. The molecule has 0 fully saturated rings. The van der Waals surface area contributed by atoms with E-state index in [0.717, 1.165) is 12.2 Å². The van der Waals surface area contributed by atoms with Gasteiger partial charge in [-0.25, -0.2) is 14.4 Å². The number of H-pyrrole nitrogens is 2. The van der Waals surface area contributed by atoms with Gasteiger partial charge in [0, 0.05) is 30.3 Å². The van der Waals surface area contributed by atoms with Crippen LogP contribution >= 0.6 is 0 Å². The van der Waals surface area contributed by atoms with Crippen molar-refractivity contribution in [3.63, 3.8) is 0 Å². The van der Waals surface area contributed by atoms with Gasteiger partial charge < -0.3 is 14.5 Å². The smallest absolute Gasteiger partial charge is 0.331 e. The first-order valence-corrected chi connectivity index (χ1v) is 5.85. The minimum atomic E-state index is -0.723. The molecular formula is C12H14N2O6. The highest BCUT2D eigenvalue weighted by atomic mass is 16.5. The fourth-order valence-corrected chi connectivity index (χ4v) is 1.26. The molecule has 0 aliphatic rings. The van der Waals surface area contributed by atoms with E-state index >= 15 is 0 Å². The SMILES string of the molecule is CCOC(=O)/C=C/C(=O)OCCc1c[nH]c(=O)[nH]c1=O. The van der Waals surface area contributed by atoms with Gasteiger partial charge in [0.25, 0.3) is 5.56 Å². The lowest BCUT2D eigenvalue weighted by Gasteiger charge is -2.01. The standard InChI is InChI=1S/C12H14N2O6/c1-2-19-9(15)3-4-10(16)20-6-5-8-7-13-12(18)14-11(8)17/h3-4,7H,2,5-6H2,1H3,(H2,13,14,17,18)/b4-3+. The Morgan fingerprint density at radius 3 is 2.45 bits per heavy atom. The van der Waals surface area contributed by atoms with Crippen molar-refractivity contribution in [2.75, 3.05) is 13.2 Å². The van der Waals surface area contributed by atoms with Crippen LogP contribution in [0.5, 0.6) is 0 Å². The molecule has 1 aromatic rings. The van der Waals surface area contributed by atoms with Gasteiger partial charge in [-0.1, -0.05) is 0 Å². The Balaban J connectivity index is 2.40. The molecule has 0 bridgehead atoms. The average Bonchev–Trinajstić information content (AvgIpc) is 2.39. The second-order valence-corrected chi connectivity index (χ2v) is 3.60. The predicted molar refractivity (Wildman–Crippen MR) is 68.1 cm³/mol. The van der Waals surface area contributed by atoms with E-state index in [0.29, 0.717) is 0 Å². The zero-order valence-corrected chi connectivity index (χ0v) is 10.8. The molecule has 8 nitrogen and oxygen atoms in total. The van der Waals surface area contributed by atoms with Crippen LogP contribution < -0.4 is 11.2 Å². The lowest BCUT2D eigenvalue weighted by Crippen LogP contribution is -2.25. The predicted octanol–water partition coefficient (Wildman–Crippen LogP) is -0.732. The van der Waals surface area contributed by atoms with Crippen LogP contribution in [0.1, 0.15) is 12.5 Å². The third kappa shape index (κ3) is 5.34. The van der Waals surface area contributed by atoms with Gasteiger partial charge in [0.2, 0.25) is 0 Å². The summed E-state index contributed by atoms with van der Waals surface area (Å²) >= 11 is 0. The molecule has 0 amide bonds. The monoisotopic (exact) mass is 282 g/mol. The maximum absolute atomic E-state index is 11.3. The van der Waals surface area contributed by atoms with Gasteiger partial charge in [-0.3, -0.25) is 9.78 Å². The van der Waals surface area contributed by atoms with Crippen molar-refractivity contribution in [3.8, 4) is 0 Å². The number of ether oxygens (including phenoxy) is 2. The molecule has 2 N–H and O–H groups in total. The number of rotatable bonds is 6. The van der Waals surface area contributed by atoms with Crippen LogP contribution in [0, 0.1) is 0 Å². The van der Waals surface area contributed by atoms with Crippen molar-refractivity contribution in [1.82, 2.24) is 9.97 Å². The number of carbonyl (C=O) groups excluding carboxylic acids is 2. The van der Waals surface area contributed by atoms with Crippen molar-refractivity contribution < 1.29 is 19.1 Å². The lowest BCUT2D eigenvalue weighted by atomic mass is 10.2. The molecule has 1 heterocycles. The van der Waals surface area contributed by atoms with Crippen LogP contribution in [-0.4, -0.2) is 35.1 Å². The molecule has 1 rings (SSSR count). The number of aromatic amines is 2. The Hall–Kier alpha value is -2.64. The van der Waals surface area contributed by atoms with Crippen LogP contribution in [0.3, 0.4) is 0 Å². The van der Waals surface area contributed by atoms with Crippen LogP contribution in [0.2, 0.25) is 0 Å². The Morgan fingerprint density at radius 1 is 1.20 bits per heavy atom. The van der Waals surface area contributed by atoms with Crippen LogP contribution in [-0.2, 0) is 25.5 Å². The number of nitrogens with one attached hydrogen (secondary N) is 2. The molecule has 0 saturated carbocycles. The van der Waals surface area contributed by atoms with Crippen LogP contribution in [0.15, 0.2) is 27.9 Å². The zero-order chi connectivity index (χ0) is 15.0. The van der Waals surface area contributed by atoms with Gasteiger partial charge in [-0.05, 0) is 6.92 Å². The maximum atomic E-state index is 11.3. The van der Waals surface area contributed by atoms with E-state index in [1.165, 1.54) is 6.20 Å². The van der Waals surface area contributed by atoms with Crippen LogP contribution in [0.25, 0.3) is 0 Å². The van der Waals surface area contributed by atoms with Gasteiger partial charge in [0.15, 0.2) is 0 Å². The quantitative estimate of drug-likeness (QED) is 0.524. The minimum absolute atomic E-state index is 0.0544. The fraction of sp³-hybridized carbons (Fsp3) is 0.333. The van der Waals surface area contributed by atoms with Crippen LogP contribution in [0.4, 0.5) is 0 Å². The summed E-state index contributed by atoms with van der Waals surface area (Å²) in [7, 11) is 0. The molecule has 0 atom stereocenters. The van der Waals surface area contributed by atoms with Gasteiger partial charge in [0.1, 0.15) is 0 Å². The highest BCUT2D eigenvalue weighted by Crippen LogP contribution is 1.91. The van der Waals surface area contributed by atoms with E-state index in [2.05, 4.69) is 9.72 Å². The normalized spacial score (nSPS) is 10.4. The molecule has 0 aliphatic carbocycles.